The van der Waals surface area contributed by atoms with Crippen molar-refractivity contribution < 1.29 is 4.79 Å². The molecule has 3 rings (SSSR count). The fourth-order valence-corrected chi connectivity index (χ4v) is 3.69. The number of hydrogen-bond donors (Lipinski definition) is 2. The maximum atomic E-state index is 12.4. The van der Waals surface area contributed by atoms with E-state index in [4.69, 9.17) is 0 Å². The van der Waals surface area contributed by atoms with Crippen molar-refractivity contribution in [3.8, 4) is 0 Å². The second kappa shape index (κ2) is 8.82. The largest absolute Gasteiger partial charge is 0.353 e. The zero-order valence-electron chi connectivity index (χ0n) is 15.0. The summed E-state index contributed by atoms with van der Waals surface area (Å²) in [5, 5.41) is 6.75. The van der Waals surface area contributed by atoms with Gasteiger partial charge in [-0.15, -0.1) is 0 Å². The second-order valence-electron chi connectivity index (χ2n) is 6.96. The smallest absolute Gasteiger partial charge is 0.220 e. The van der Waals surface area contributed by atoms with Crippen LogP contribution in [0.5, 0.6) is 0 Å². The third kappa shape index (κ3) is 4.93. The molecule has 2 aromatic carbocycles. The number of rotatable bonds is 6. The summed E-state index contributed by atoms with van der Waals surface area (Å²) in [6.07, 6.45) is 3.45. The fourth-order valence-electron chi connectivity index (χ4n) is 3.69. The SMILES string of the molecule is Cc1ccccc1CCCC(=O)NC1CCNCC1c1ccccc1. The molecule has 1 fully saturated rings. The van der Waals surface area contributed by atoms with Gasteiger partial charge in [-0.1, -0.05) is 54.6 Å². The molecule has 132 valence electrons. The Kier molecular flexibility index (Phi) is 6.24. The molecule has 0 radical (unpaired) electrons. The van der Waals surface area contributed by atoms with Crippen molar-refractivity contribution in [1.29, 1.82) is 0 Å². The average Bonchev–Trinajstić information content (AvgIpc) is 2.64. The van der Waals surface area contributed by atoms with E-state index in [1.807, 2.05) is 6.07 Å². The minimum Gasteiger partial charge on any atom is -0.353 e. The summed E-state index contributed by atoms with van der Waals surface area (Å²) in [5.41, 5.74) is 3.96. The quantitative estimate of drug-likeness (QED) is 0.846. The lowest BCUT2D eigenvalue weighted by atomic mass is 9.87. The van der Waals surface area contributed by atoms with E-state index in [-0.39, 0.29) is 11.9 Å². The van der Waals surface area contributed by atoms with Crippen molar-refractivity contribution in [2.45, 2.75) is 44.6 Å². The van der Waals surface area contributed by atoms with Gasteiger partial charge in [0.15, 0.2) is 0 Å². The van der Waals surface area contributed by atoms with E-state index < -0.39 is 0 Å². The number of benzene rings is 2. The number of amides is 1. The first-order chi connectivity index (χ1) is 12.2. The van der Waals surface area contributed by atoms with Gasteiger partial charge in [0.05, 0.1) is 0 Å². The Morgan fingerprint density at radius 1 is 1.12 bits per heavy atom. The van der Waals surface area contributed by atoms with Crippen LogP contribution in [0.2, 0.25) is 0 Å². The maximum Gasteiger partial charge on any atom is 0.220 e. The van der Waals surface area contributed by atoms with Gasteiger partial charge in [-0.2, -0.15) is 0 Å². The Bertz CT molecular complexity index is 683. The Hall–Kier alpha value is -2.13. The van der Waals surface area contributed by atoms with E-state index in [1.165, 1.54) is 16.7 Å². The Labute approximate surface area is 150 Å². The summed E-state index contributed by atoms with van der Waals surface area (Å²) >= 11 is 0. The Morgan fingerprint density at radius 3 is 2.68 bits per heavy atom. The zero-order valence-corrected chi connectivity index (χ0v) is 15.0. The van der Waals surface area contributed by atoms with Crippen LogP contribution in [0.3, 0.4) is 0 Å². The van der Waals surface area contributed by atoms with Crippen molar-refractivity contribution >= 4 is 5.91 Å². The highest BCUT2D eigenvalue weighted by atomic mass is 16.1. The summed E-state index contributed by atoms with van der Waals surface area (Å²) in [5.74, 6) is 0.539. The van der Waals surface area contributed by atoms with Gasteiger partial charge in [0.25, 0.3) is 0 Å². The molecule has 0 saturated carbocycles. The van der Waals surface area contributed by atoms with Crippen LogP contribution in [0, 0.1) is 6.92 Å². The van der Waals surface area contributed by atoms with Crippen LogP contribution in [0.4, 0.5) is 0 Å². The lowest BCUT2D eigenvalue weighted by Gasteiger charge is -2.33. The molecule has 2 atom stereocenters. The lowest BCUT2D eigenvalue weighted by molar-refractivity contribution is -0.122. The molecule has 25 heavy (non-hydrogen) atoms. The summed E-state index contributed by atoms with van der Waals surface area (Å²) in [6, 6.07) is 19.2. The third-order valence-corrected chi connectivity index (χ3v) is 5.17. The van der Waals surface area contributed by atoms with Crippen molar-refractivity contribution in [2.75, 3.05) is 13.1 Å². The van der Waals surface area contributed by atoms with E-state index in [1.54, 1.807) is 0 Å². The first-order valence-electron chi connectivity index (χ1n) is 9.33. The van der Waals surface area contributed by atoms with Crippen LogP contribution in [0.25, 0.3) is 0 Å². The Morgan fingerprint density at radius 2 is 1.88 bits per heavy atom. The molecular weight excluding hydrogens is 308 g/mol. The minimum absolute atomic E-state index is 0.182. The first-order valence-corrected chi connectivity index (χ1v) is 9.33. The molecule has 3 heteroatoms. The normalized spacial score (nSPS) is 20.2. The molecule has 2 N–H and O–H groups in total. The van der Waals surface area contributed by atoms with Gasteiger partial charge in [0.2, 0.25) is 5.91 Å². The molecule has 0 bridgehead atoms. The van der Waals surface area contributed by atoms with E-state index in [9.17, 15) is 4.79 Å². The zero-order chi connectivity index (χ0) is 17.5. The van der Waals surface area contributed by atoms with Gasteiger partial charge in [0, 0.05) is 24.9 Å². The van der Waals surface area contributed by atoms with Gasteiger partial charge < -0.3 is 10.6 Å². The molecule has 1 saturated heterocycles. The number of hydrogen-bond acceptors (Lipinski definition) is 2. The predicted molar refractivity (Wildman–Crippen MR) is 103 cm³/mol. The van der Waals surface area contributed by atoms with Gasteiger partial charge in [-0.3, -0.25) is 4.79 Å². The molecule has 1 amide bonds. The average molecular weight is 336 g/mol. The van der Waals surface area contributed by atoms with Crippen LogP contribution < -0.4 is 10.6 Å². The second-order valence-corrected chi connectivity index (χ2v) is 6.96. The van der Waals surface area contributed by atoms with E-state index in [2.05, 4.69) is 66.1 Å². The predicted octanol–water partition coefficient (Wildman–Crippen LogP) is 3.58. The number of piperidine rings is 1. The minimum atomic E-state index is 0.182. The Balaban J connectivity index is 1.51. The van der Waals surface area contributed by atoms with Gasteiger partial charge >= 0.3 is 0 Å². The summed E-state index contributed by atoms with van der Waals surface area (Å²) in [6.45, 7) is 4.03. The summed E-state index contributed by atoms with van der Waals surface area (Å²) in [7, 11) is 0. The molecule has 2 aromatic rings. The maximum absolute atomic E-state index is 12.4. The number of carbonyl (C=O) groups excluding carboxylic acids is 1. The number of carbonyl (C=O) groups is 1. The van der Waals surface area contributed by atoms with Crippen LogP contribution in [-0.2, 0) is 11.2 Å². The molecule has 0 aromatic heterocycles. The molecule has 0 spiro atoms. The lowest BCUT2D eigenvalue weighted by Crippen LogP contribution is -2.48. The highest BCUT2D eigenvalue weighted by Gasteiger charge is 2.27. The van der Waals surface area contributed by atoms with Crippen molar-refractivity contribution in [3.05, 3.63) is 71.3 Å². The number of aryl methyl sites for hydroxylation is 2. The van der Waals surface area contributed by atoms with Crippen LogP contribution in [-0.4, -0.2) is 25.0 Å². The molecule has 0 aliphatic carbocycles. The fraction of sp³-hybridized carbons (Fsp3) is 0.409. The van der Waals surface area contributed by atoms with Crippen LogP contribution in [0.1, 0.15) is 41.9 Å². The standard InChI is InChI=1S/C22H28N2O/c1-17-8-5-6-9-18(17)12-7-13-22(25)24-21-14-15-23-16-20(21)19-10-3-2-4-11-19/h2-6,8-11,20-21,23H,7,12-16H2,1H3,(H,24,25). The molecule has 1 heterocycles. The molecule has 1 aliphatic heterocycles. The van der Waals surface area contributed by atoms with Crippen LogP contribution >= 0.6 is 0 Å². The highest BCUT2D eigenvalue weighted by molar-refractivity contribution is 5.76. The third-order valence-electron chi connectivity index (χ3n) is 5.17. The van der Waals surface area contributed by atoms with Gasteiger partial charge in [0.1, 0.15) is 0 Å². The molecule has 2 unspecified atom stereocenters. The number of nitrogens with one attached hydrogen (secondary N) is 2. The van der Waals surface area contributed by atoms with Crippen molar-refractivity contribution in [1.82, 2.24) is 10.6 Å². The van der Waals surface area contributed by atoms with E-state index in [0.29, 0.717) is 12.3 Å². The molecule has 3 nitrogen and oxygen atoms in total. The van der Waals surface area contributed by atoms with E-state index >= 15 is 0 Å². The summed E-state index contributed by atoms with van der Waals surface area (Å²) < 4.78 is 0. The highest BCUT2D eigenvalue weighted by Crippen LogP contribution is 2.23. The monoisotopic (exact) mass is 336 g/mol. The van der Waals surface area contributed by atoms with Gasteiger partial charge in [-0.25, -0.2) is 0 Å². The van der Waals surface area contributed by atoms with Crippen molar-refractivity contribution in [2.24, 2.45) is 0 Å². The summed E-state index contributed by atoms with van der Waals surface area (Å²) in [4.78, 5) is 12.4. The van der Waals surface area contributed by atoms with E-state index in [0.717, 1.165) is 32.4 Å². The molecule has 1 aliphatic rings. The van der Waals surface area contributed by atoms with Crippen LogP contribution in [0.15, 0.2) is 54.6 Å². The topological polar surface area (TPSA) is 41.1 Å². The first kappa shape index (κ1) is 17.7. The van der Waals surface area contributed by atoms with Crippen molar-refractivity contribution in [3.63, 3.8) is 0 Å². The van der Waals surface area contributed by atoms with Gasteiger partial charge in [-0.05, 0) is 49.4 Å². The molecular formula is C22H28N2O.